The summed E-state index contributed by atoms with van der Waals surface area (Å²) < 4.78 is 5.53. The summed E-state index contributed by atoms with van der Waals surface area (Å²) in [6.45, 7) is 2.39. The fourth-order valence-corrected chi connectivity index (χ4v) is 5.34. The first kappa shape index (κ1) is 21.2. The van der Waals surface area contributed by atoms with Crippen molar-refractivity contribution in [1.82, 2.24) is 0 Å². The van der Waals surface area contributed by atoms with Crippen LogP contribution in [0.15, 0.2) is 18.2 Å². The largest absolute Gasteiger partial charge is 0.508 e. The molecule has 2 aliphatic rings. The fourth-order valence-electron chi connectivity index (χ4n) is 5.34. The van der Waals surface area contributed by atoms with Crippen LogP contribution >= 0.6 is 0 Å². The summed E-state index contributed by atoms with van der Waals surface area (Å²) in [6, 6.07) is 7.97. The maximum absolute atomic E-state index is 12.0. The lowest BCUT2D eigenvalue weighted by Crippen LogP contribution is -2.45. The van der Waals surface area contributed by atoms with Crippen LogP contribution in [0.5, 0.6) is 5.75 Å². The summed E-state index contributed by atoms with van der Waals surface area (Å²) in [5, 5.41) is 28.0. The van der Waals surface area contributed by atoms with Crippen molar-refractivity contribution in [2.45, 2.75) is 64.2 Å². The highest BCUT2D eigenvalue weighted by Gasteiger charge is 2.48. The maximum atomic E-state index is 12.0. The number of aromatic hydroxyl groups is 1. The first-order valence-electron chi connectivity index (χ1n) is 10.4. The van der Waals surface area contributed by atoms with Gasteiger partial charge >= 0.3 is 11.9 Å². The number of carbonyl (C=O) groups is 2. The van der Waals surface area contributed by atoms with E-state index in [1.54, 1.807) is 6.07 Å². The molecule has 1 saturated carbocycles. The molecule has 2 aliphatic carbocycles. The van der Waals surface area contributed by atoms with Crippen molar-refractivity contribution < 1.29 is 24.5 Å². The number of fused-ring (bicyclic) bond motifs is 3. The van der Waals surface area contributed by atoms with Crippen molar-refractivity contribution in [3.05, 3.63) is 29.3 Å². The smallest absolute Gasteiger partial charge is 0.305 e. The van der Waals surface area contributed by atoms with Crippen LogP contribution in [0.4, 0.5) is 0 Å². The molecule has 0 spiro atoms. The number of aryl methyl sites for hydroxylation is 1. The number of phenolic OH excluding ortho intramolecular Hbond substituents is 1. The summed E-state index contributed by atoms with van der Waals surface area (Å²) in [5.74, 6) is -0.114. The minimum Gasteiger partial charge on any atom is -0.508 e. The first-order valence-corrected chi connectivity index (χ1v) is 10.4. The molecule has 0 heterocycles. The number of phenols is 1. The quantitative estimate of drug-likeness (QED) is 0.667. The number of hydrogen-bond acceptors (Lipinski definition) is 5. The van der Waals surface area contributed by atoms with Gasteiger partial charge < -0.3 is 14.9 Å². The minimum absolute atomic E-state index is 0.0395. The van der Waals surface area contributed by atoms with E-state index in [-0.39, 0.29) is 43.2 Å². The Balaban J connectivity index is 1.69. The number of hydrogen-bond donors (Lipinski definition) is 2. The number of aliphatic carboxylic acids is 1. The summed E-state index contributed by atoms with van der Waals surface area (Å²) >= 11 is 0. The number of nitriles is 1. The number of benzene rings is 1. The van der Waals surface area contributed by atoms with Crippen molar-refractivity contribution in [2.24, 2.45) is 17.3 Å². The molecule has 1 aromatic carbocycles. The van der Waals surface area contributed by atoms with Crippen LogP contribution in [0.1, 0.15) is 68.9 Å². The van der Waals surface area contributed by atoms with Gasteiger partial charge in [-0.1, -0.05) is 13.0 Å². The van der Waals surface area contributed by atoms with Crippen molar-refractivity contribution in [1.29, 1.82) is 5.26 Å². The topological polar surface area (TPSA) is 108 Å². The Labute approximate surface area is 171 Å². The second-order valence-corrected chi connectivity index (χ2v) is 8.76. The van der Waals surface area contributed by atoms with Gasteiger partial charge in [0.2, 0.25) is 0 Å². The molecule has 6 nitrogen and oxygen atoms in total. The van der Waals surface area contributed by atoms with Gasteiger partial charge in [-0.2, -0.15) is 5.26 Å². The average molecular weight is 399 g/mol. The van der Waals surface area contributed by atoms with Crippen molar-refractivity contribution in [3.63, 3.8) is 0 Å². The molecule has 0 unspecified atom stereocenters. The molecule has 0 radical (unpaired) electrons. The van der Waals surface area contributed by atoms with Gasteiger partial charge in [0.25, 0.3) is 0 Å². The fraction of sp³-hybridized carbons (Fsp3) is 0.609. The third-order valence-corrected chi connectivity index (χ3v) is 6.87. The van der Waals surface area contributed by atoms with Gasteiger partial charge in [0, 0.05) is 24.7 Å². The van der Waals surface area contributed by atoms with Crippen LogP contribution in [0.2, 0.25) is 0 Å². The summed E-state index contributed by atoms with van der Waals surface area (Å²) in [4.78, 5) is 22.6. The van der Waals surface area contributed by atoms with Crippen LogP contribution < -0.4 is 0 Å². The van der Waals surface area contributed by atoms with Crippen LogP contribution in [0, 0.1) is 28.6 Å². The second kappa shape index (κ2) is 8.86. The van der Waals surface area contributed by atoms with E-state index in [2.05, 4.69) is 13.0 Å². The molecule has 0 amide bonds. The molecule has 156 valence electrons. The monoisotopic (exact) mass is 399 g/mol. The zero-order valence-electron chi connectivity index (χ0n) is 16.9. The molecule has 6 heteroatoms. The van der Waals surface area contributed by atoms with E-state index in [0.717, 1.165) is 25.7 Å². The molecular weight excluding hydrogens is 370 g/mol. The molecule has 0 saturated heterocycles. The lowest BCUT2D eigenvalue weighted by Gasteiger charge is -2.51. The standard InChI is InChI=1S/C23H29NO5/c1-23(14-29-22(28)4-2-3-21(26)27)11-9-18-17-8-6-16(25)13-15(17)5-7-19(18)20(23)10-12-24/h6,8,13,18-20,25H,2-5,7,9-11,14H2,1H3,(H,26,27)/t18-,19-,20+,23-/m1/s1. The molecule has 1 aromatic rings. The Morgan fingerprint density at radius 3 is 2.83 bits per heavy atom. The molecule has 0 aromatic heterocycles. The van der Waals surface area contributed by atoms with Crippen molar-refractivity contribution >= 4 is 11.9 Å². The number of nitrogens with zero attached hydrogens (tertiary/aromatic N) is 1. The minimum atomic E-state index is -0.914. The number of carboxylic acids is 1. The van der Waals surface area contributed by atoms with Gasteiger partial charge in [0.15, 0.2) is 0 Å². The first-order chi connectivity index (χ1) is 13.8. The van der Waals surface area contributed by atoms with Gasteiger partial charge in [-0.15, -0.1) is 0 Å². The predicted molar refractivity (Wildman–Crippen MR) is 106 cm³/mol. The molecule has 2 N–H and O–H groups in total. The number of carbonyl (C=O) groups excluding carboxylic acids is 1. The summed E-state index contributed by atoms with van der Waals surface area (Å²) in [7, 11) is 0. The Hall–Kier alpha value is -2.55. The Kier molecular flexibility index (Phi) is 6.46. The molecule has 0 aliphatic heterocycles. The highest BCUT2D eigenvalue weighted by molar-refractivity contribution is 5.71. The molecular formula is C23H29NO5. The van der Waals surface area contributed by atoms with E-state index in [1.165, 1.54) is 11.1 Å². The van der Waals surface area contributed by atoms with Crippen molar-refractivity contribution in [2.75, 3.05) is 6.61 Å². The highest BCUT2D eigenvalue weighted by Crippen LogP contribution is 2.56. The summed E-state index contributed by atoms with van der Waals surface area (Å²) in [5.41, 5.74) is 2.23. The van der Waals surface area contributed by atoms with E-state index in [1.807, 2.05) is 12.1 Å². The lowest BCUT2D eigenvalue weighted by molar-refractivity contribution is -0.151. The van der Waals surface area contributed by atoms with Gasteiger partial charge in [-0.25, -0.2) is 0 Å². The van der Waals surface area contributed by atoms with Gasteiger partial charge in [-0.3, -0.25) is 9.59 Å². The molecule has 4 atom stereocenters. The normalized spacial score (nSPS) is 27.9. The SMILES string of the molecule is C[C@]1(COC(=O)CCCC(=O)O)CC[C@@H]2c3ccc(O)cc3CC[C@H]2[C@@H]1CC#N. The van der Waals surface area contributed by atoms with Crippen LogP contribution in [0.3, 0.4) is 0 Å². The predicted octanol–water partition coefficient (Wildman–Crippen LogP) is 4.17. The van der Waals surface area contributed by atoms with E-state index < -0.39 is 5.97 Å². The number of rotatable bonds is 7. The van der Waals surface area contributed by atoms with Gasteiger partial charge in [-0.05, 0) is 73.1 Å². The Morgan fingerprint density at radius 1 is 1.31 bits per heavy atom. The average Bonchev–Trinajstić information content (AvgIpc) is 2.68. The third-order valence-electron chi connectivity index (χ3n) is 6.87. The van der Waals surface area contributed by atoms with Crippen molar-refractivity contribution in [3.8, 4) is 11.8 Å². The molecule has 1 fully saturated rings. The van der Waals surface area contributed by atoms with E-state index in [0.29, 0.717) is 24.0 Å². The number of ether oxygens (including phenoxy) is 1. The zero-order chi connectivity index (χ0) is 21.0. The third kappa shape index (κ3) is 4.72. The Bertz CT molecular complexity index is 814. The van der Waals surface area contributed by atoms with Gasteiger partial charge in [0.05, 0.1) is 12.7 Å². The van der Waals surface area contributed by atoms with Crippen LogP contribution in [-0.4, -0.2) is 28.8 Å². The zero-order valence-corrected chi connectivity index (χ0v) is 16.9. The van der Waals surface area contributed by atoms with E-state index in [9.17, 15) is 20.0 Å². The van der Waals surface area contributed by atoms with Crippen LogP contribution in [0.25, 0.3) is 0 Å². The lowest BCUT2D eigenvalue weighted by atomic mass is 9.54. The Morgan fingerprint density at radius 2 is 2.10 bits per heavy atom. The van der Waals surface area contributed by atoms with E-state index in [4.69, 9.17) is 9.84 Å². The van der Waals surface area contributed by atoms with Gasteiger partial charge in [0.1, 0.15) is 5.75 Å². The number of esters is 1. The van der Waals surface area contributed by atoms with Crippen LogP contribution in [-0.2, 0) is 20.7 Å². The van der Waals surface area contributed by atoms with E-state index >= 15 is 0 Å². The second-order valence-electron chi connectivity index (χ2n) is 8.76. The molecule has 0 bridgehead atoms. The summed E-state index contributed by atoms with van der Waals surface area (Å²) in [6.07, 6.45) is 4.47. The number of carboxylic acid groups (broad SMARTS) is 1. The highest BCUT2D eigenvalue weighted by atomic mass is 16.5. The molecule has 3 rings (SSSR count). The maximum Gasteiger partial charge on any atom is 0.305 e. The molecule has 29 heavy (non-hydrogen) atoms.